The van der Waals surface area contributed by atoms with Gasteiger partial charge in [0, 0.05) is 38.8 Å². The van der Waals surface area contributed by atoms with Crippen molar-refractivity contribution in [2.45, 2.75) is 87.2 Å². The topological polar surface area (TPSA) is 251 Å². The molecule has 22 nitrogen and oxygen atoms in total. The number of sulfonamides is 2. The van der Waals surface area contributed by atoms with E-state index in [1.165, 1.54) is 54.1 Å². The van der Waals surface area contributed by atoms with Gasteiger partial charge < -0.3 is 28.7 Å². The van der Waals surface area contributed by atoms with Crippen LogP contribution in [-0.2, 0) is 54.0 Å². The number of imide groups is 1. The van der Waals surface area contributed by atoms with E-state index in [2.05, 4.69) is 20.1 Å². The average Bonchev–Trinajstić information content (AvgIpc) is 4.19. The average molecular weight is 1090 g/mol. The van der Waals surface area contributed by atoms with Gasteiger partial charge in [-0.25, -0.2) is 31.2 Å². The predicted octanol–water partition coefficient (Wildman–Crippen LogP) is 5.82. The number of nitrogens with one attached hydrogen (secondary N) is 1. The van der Waals surface area contributed by atoms with Crippen molar-refractivity contribution < 1.29 is 59.8 Å². The van der Waals surface area contributed by atoms with Gasteiger partial charge in [0.15, 0.2) is 6.10 Å². The quantitative estimate of drug-likeness (QED) is 0.0996. The maximum atomic E-state index is 16.3. The summed E-state index contributed by atoms with van der Waals surface area (Å²) in [5, 5.41) is 13.9. The number of piperidine rings is 1. The molecule has 1 aromatic heterocycles. The molecule has 2 saturated heterocycles. The standard InChI is InChI=1S/C53H57N9O13S2/c1-53(2,3)74-52(66)58-29-27-37(33-58)56-76(67,68)45-26-25-43(60-28-9-12-44(51(60)65)75-62-49(63)41-10-7-8-11-42(41)50(62)64)46(48-54-57-61(55-48)32-36-17-23-40(73-6)24-18-36)47(45)77(69,70)59(30-34-13-19-38(71-4)20-14-34)31-35-15-21-39(72-5)22-16-35/h7-8,10-11,13-26,37,44,56H,9,12,27-33H2,1-6H3. The molecule has 9 rings (SSSR count). The third-order valence-corrected chi connectivity index (χ3v) is 16.6. The fraction of sp³-hybridized carbons (Fsp3) is 0.340. The van der Waals surface area contributed by atoms with Crippen LogP contribution < -0.4 is 23.8 Å². The molecule has 2 unspecified atom stereocenters. The van der Waals surface area contributed by atoms with Gasteiger partial charge in [0.2, 0.25) is 25.9 Å². The van der Waals surface area contributed by atoms with Crippen LogP contribution in [0.25, 0.3) is 11.4 Å². The summed E-state index contributed by atoms with van der Waals surface area (Å²) in [6.07, 6.45) is -1.67. The van der Waals surface area contributed by atoms with Gasteiger partial charge in [-0.1, -0.05) is 48.5 Å². The van der Waals surface area contributed by atoms with Crippen molar-refractivity contribution in [3.63, 3.8) is 0 Å². The van der Waals surface area contributed by atoms with Gasteiger partial charge in [-0.05, 0) is 123 Å². The normalized spacial score (nSPS) is 17.0. The number of fused-ring (bicyclic) bond motifs is 1. The first-order chi connectivity index (χ1) is 36.8. The molecule has 404 valence electrons. The maximum absolute atomic E-state index is 16.3. The Morgan fingerprint density at radius 1 is 0.727 bits per heavy atom. The number of hydroxylamine groups is 2. The van der Waals surface area contributed by atoms with E-state index in [1.54, 1.807) is 106 Å². The Labute approximate surface area is 445 Å². The second-order valence-electron chi connectivity index (χ2n) is 19.5. The number of carbonyl (C=O) groups is 4. The van der Waals surface area contributed by atoms with Crippen LogP contribution in [0, 0.1) is 0 Å². The predicted molar refractivity (Wildman–Crippen MR) is 278 cm³/mol. The zero-order valence-electron chi connectivity index (χ0n) is 43.1. The highest BCUT2D eigenvalue weighted by atomic mass is 32.2. The van der Waals surface area contributed by atoms with Crippen LogP contribution in [0.3, 0.4) is 0 Å². The number of nitrogens with zero attached hydrogens (tertiary/aromatic N) is 8. The summed E-state index contributed by atoms with van der Waals surface area (Å²) in [6.45, 7) is 4.52. The molecule has 0 bridgehead atoms. The molecule has 77 heavy (non-hydrogen) atoms. The van der Waals surface area contributed by atoms with Crippen molar-refractivity contribution in [3.8, 4) is 28.6 Å². The van der Waals surface area contributed by atoms with Crippen molar-refractivity contribution >= 4 is 49.5 Å². The Hall–Kier alpha value is -7.77. The van der Waals surface area contributed by atoms with Crippen LogP contribution in [-0.4, -0.2) is 134 Å². The summed E-state index contributed by atoms with van der Waals surface area (Å²) in [5.74, 6) is -1.09. The van der Waals surface area contributed by atoms with E-state index < -0.39 is 77.0 Å². The summed E-state index contributed by atoms with van der Waals surface area (Å²) in [5.41, 5.74) is 0.503. The number of rotatable bonds is 18. The van der Waals surface area contributed by atoms with E-state index >= 15 is 16.8 Å². The third kappa shape index (κ3) is 11.7. The monoisotopic (exact) mass is 1090 g/mol. The zero-order valence-corrected chi connectivity index (χ0v) is 44.7. The fourth-order valence-electron chi connectivity index (χ4n) is 9.19. The lowest BCUT2D eigenvalue weighted by atomic mass is 10.0. The Bertz CT molecular complexity index is 3340. The van der Waals surface area contributed by atoms with Gasteiger partial charge in [0.25, 0.3) is 17.7 Å². The Kier molecular flexibility index (Phi) is 15.5. The number of tetrazole rings is 1. The Balaban J connectivity index is 1.21. The molecule has 5 aromatic carbocycles. The smallest absolute Gasteiger partial charge is 0.410 e. The second kappa shape index (κ2) is 22.1. The highest BCUT2D eigenvalue weighted by Gasteiger charge is 2.45. The van der Waals surface area contributed by atoms with Crippen LogP contribution in [0.4, 0.5) is 10.5 Å². The number of anilines is 1. The molecule has 4 heterocycles. The lowest BCUT2D eigenvalue weighted by Crippen LogP contribution is -2.49. The number of hydrogen-bond acceptors (Lipinski definition) is 16. The van der Waals surface area contributed by atoms with E-state index in [0.717, 1.165) is 10.4 Å². The largest absolute Gasteiger partial charge is 0.497 e. The highest BCUT2D eigenvalue weighted by molar-refractivity contribution is 7.92. The number of ether oxygens (including phenoxy) is 4. The van der Waals surface area contributed by atoms with Crippen LogP contribution >= 0.6 is 0 Å². The SMILES string of the molecule is COc1ccc(CN(Cc2ccc(OC)cc2)S(=O)(=O)c2c(S(=O)(=O)NC3CCN(C(=O)OC(C)(C)C)C3)ccc(N3CCCC(ON4C(=O)c5ccccc5C4=O)C3=O)c2-c2nnn(Cc3ccc(OC)cc3)n2)cc1. The Morgan fingerprint density at radius 3 is 1.83 bits per heavy atom. The van der Waals surface area contributed by atoms with Crippen LogP contribution in [0.5, 0.6) is 17.2 Å². The number of benzene rings is 5. The van der Waals surface area contributed by atoms with E-state index in [-0.39, 0.29) is 81.2 Å². The van der Waals surface area contributed by atoms with Crippen molar-refractivity contribution in [2.75, 3.05) is 45.9 Å². The second-order valence-corrected chi connectivity index (χ2v) is 23.0. The van der Waals surface area contributed by atoms with E-state index in [4.69, 9.17) is 23.8 Å². The molecule has 3 aliphatic rings. The van der Waals surface area contributed by atoms with Crippen molar-refractivity contribution in [3.05, 3.63) is 137 Å². The number of amides is 4. The van der Waals surface area contributed by atoms with Crippen molar-refractivity contribution in [1.82, 2.24) is 39.2 Å². The highest BCUT2D eigenvalue weighted by Crippen LogP contribution is 2.43. The minimum absolute atomic E-state index is 0.0175. The molecule has 4 amide bonds. The molecular formula is C53H57N9O13S2. The summed E-state index contributed by atoms with van der Waals surface area (Å²) in [7, 11) is -5.54. The summed E-state index contributed by atoms with van der Waals surface area (Å²) in [4.78, 5) is 63.3. The van der Waals surface area contributed by atoms with E-state index in [1.807, 2.05) is 0 Å². The van der Waals surface area contributed by atoms with Gasteiger partial charge in [-0.2, -0.15) is 9.10 Å². The van der Waals surface area contributed by atoms with Gasteiger partial charge >= 0.3 is 6.09 Å². The van der Waals surface area contributed by atoms with Crippen LogP contribution in [0.15, 0.2) is 119 Å². The first kappa shape index (κ1) is 54.0. The zero-order chi connectivity index (χ0) is 54.8. The summed E-state index contributed by atoms with van der Waals surface area (Å²) < 4.78 is 88.6. The van der Waals surface area contributed by atoms with Gasteiger partial charge in [-0.15, -0.1) is 15.3 Å². The number of carbonyl (C=O) groups excluding carboxylic acids is 4. The molecule has 3 aliphatic heterocycles. The van der Waals surface area contributed by atoms with Crippen molar-refractivity contribution in [2.24, 2.45) is 0 Å². The van der Waals surface area contributed by atoms with Crippen LogP contribution in [0.2, 0.25) is 0 Å². The molecule has 2 fully saturated rings. The number of likely N-dealkylation sites (tertiary alicyclic amines) is 1. The van der Waals surface area contributed by atoms with E-state index in [0.29, 0.717) is 39.0 Å². The van der Waals surface area contributed by atoms with Gasteiger partial charge in [0.1, 0.15) is 32.6 Å². The molecule has 0 radical (unpaired) electrons. The Morgan fingerprint density at radius 2 is 1.29 bits per heavy atom. The minimum atomic E-state index is -5.14. The van der Waals surface area contributed by atoms with Gasteiger partial charge in [-0.3, -0.25) is 14.4 Å². The van der Waals surface area contributed by atoms with E-state index in [9.17, 15) is 19.2 Å². The fourth-order valence-corrected chi connectivity index (χ4v) is 12.9. The molecule has 0 spiro atoms. The molecule has 0 saturated carbocycles. The number of hydrogen-bond donors (Lipinski definition) is 1. The molecule has 24 heteroatoms. The first-order valence-corrected chi connectivity index (χ1v) is 27.5. The molecule has 1 N–H and O–H groups in total. The summed E-state index contributed by atoms with van der Waals surface area (Å²) >= 11 is 0. The minimum Gasteiger partial charge on any atom is -0.497 e. The number of methoxy groups -OCH3 is 3. The molecule has 6 aromatic rings. The third-order valence-electron chi connectivity index (χ3n) is 13.0. The van der Waals surface area contributed by atoms with Crippen LogP contribution in [0.1, 0.15) is 77.4 Å². The number of aromatic nitrogens is 4. The van der Waals surface area contributed by atoms with Crippen molar-refractivity contribution in [1.29, 1.82) is 0 Å². The molecular weight excluding hydrogens is 1030 g/mol. The summed E-state index contributed by atoms with van der Waals surface area (Å²) in [6, 6.07) is 28.0. The lowest BCUT2D eigenvalue weighted by molar-refractivity contribution is -0.161. The molecule has 0 aliphatic carbocycles. The first-order valence-electron chi connectivity index (χ1n) is 24.6. The lowest BCUT2D eigenvalue weighted by Gasteiger charge is -2.35. The maximum Gasteiger partial charge on any atom is 0.410 e. The van der Waals surface area contributed by atoms with Gasteiger partial charge in [0.05, 0.1) is 50.3 Å². The molecule has 2 atom stereocenters.